The molecule has 10 heteroatoms. The number of carbonyl (C=O) groups is 2. The van der Waals surface area contributed by atoms with Crippen LogP contribution in [0, 0.1) is 0 Å². The fourth-order valence-electron chi connectivity index (χ4n) is 3.44. The molecule has 1 aromatic carbocycles. The lowest BCUT2D eigenvalue weighted by atomic mass is 10.1. The van der Waals surface area contributed by atoms with Crippen LogP contribution in [0.2, 0.25) is 5.02 Å². The van der Waals surface area contributed by atoms with Gasteiger partial charge in [-0.1, -0.05) is 11.6 Å². The van der Waals surface area contributed by atoms with Crippen LogP contribution in [-0.4, -0.2) is 78.4 Å². The van der Waals surface area contributed by atoms with E-state index in [1.165, 1.54) is 6.07 Å². The van der Waals surface area contributed by atoms with Crippen molar-refractivity contribution in [2.75, 3.05) is 51.1 Å². The minimum Gasteiger partial charge on any atom is -0.342 e. The van der Waals surface area contributed by atoms with Crippen LogP contribution in [0.4, 0.5) is 18.9 Å². The molecule has 1 aliphatic rings. The molecule has 168 valence electrons. The lowest BCUT2D eigenvalue weighted by molar-refractivity contribution is -0.137. The topological polar surface area (TPSA) is 55.9 Å². The van der Waals surface area contributed by atoms with Gasteiger partial charge in [0.2, 0.25) is 11.8 Å². The molecule has 1 heterocycles. The zero-order valence-electron chi connectivity index (χ0n) is 17.4. The molecule has 0 radical (unpaired) electrons. The number of piperazine rings is 1. The van der Waals surface area contributed by atoms with E-state index in [-0.39, 0.29) is 16.6 Å². The maximum atomic E-state index is 13.2. The van der Waals surface area contributed by atoms with Gasteiger partial charge in [0.15, 0.2) is 0 Å². The number of amides is 2. The predicted octanol–water partition coefficient (Wildman–Crippen LogP) is 3.17. The number of anilines is 1. The highest BCUT2D eigenvalue weighted by Gasteiger charge is 2.35. The molecular formula is C20H28ClF3N4O2. The molecule has 1 atom stereocenters. The Morgan fingerprint density at radius 3 is 2.30 bits per heavy atom. The second-order valence-electron chi connectivity index (χ2n) is 7.23. The van der Waals surface area contributed by atoms with Gasteiger partial charge >= 0.3 is 6.18 Å². The number of hydrogen-bond donors (Lipinski definition) is 1. The zero-order valence-corrected chi connectivity index (χ0v) is 18.2. The van der Waals surface area contributed by atoms with Crippen LogP contribution in [0.25, 0.3) is 0 Å². The Morgan fingerprint density at radius 1 is 1.17 bits per heavy atom. The molecule has 1 saturated heterocycles. The van der Waals surface area contributed by atoms with Crippen molar-refractivity contribution in [1.82, 2.24) is 14.7 Å². The van der Waals surface area contributed by atoms with Crippen LogP contribution in [0.15, 0.2) is 18.2 Å². The van der Waals surface area contributed by atoms with E-state index < -0.39 is 23.7 Å². The van der Waals surface area contributed by atoms with Gasteiger partial charge in [-0.2, -0.15) is 13.2 Å². The van der Waals surface area contributed by atoms with E-state index in [2.05, 4.69) is 5.32 Å². The number of rotatable bonds is 7. The molecule has 1 unspecified atom stereocenters. The first-order valence-corrected chi connectivity index (χ1v) is 10.4. The largest absolute Gasteiger partial charge is 0.418 e. The molecule has 0 spiro atoms. The number of carbonyl (C=O) groups excluding carboxylic acids is 2. The number of hydrogen-bond acceptors (Lipinski definition) is 4. The standard InChI is InChI=1S/C20H28ClF3N4O2/c1-4-27(5-2)18(29)13-26-8-10-28(11-9-26)14(3)19(30)25-17-7-6-15(21)12-16(17)20(22,23)24/h6-7,12,14H,4-5,8-11,13H2,1-3H3,(H,25,30). The molecule has 1 aromatic rings. The lowest BCUT2D eigenvalue weighted by Crippen LogP contribution is -2.54. The molecule has 0 aromatic heterocycles. The average Bonchev–Trinajstić information content (AvgIpc) is 2.69. The van der Waals surface area contributed by atoms with Crippen molar-refractivity contribution in [3.05, 3.63) is 28.8 Å². The van der Waals surface area contributed by atoms with Crippen LogP contribution in [0.3, 0.4) is 0 Å². The zero-order chi connectivity index (χ0) is 22.5. The lowest BCUT2D eigenvalue weighted by Gasteiger charge is -2.37. The quantitative estimate of drug-likeness (QED) is 0.696. The van der Waals surface area contributed by atoms with Crippen molar-refractivity contribution in [1.29, 1.82) is 0 Å². The highest BCUT2D eigenvalue weighted by Crippen LogP contribution is 2.36. The second-order valence-corrected chi connectivity index (χ2v) is 7.67. The molecule has 1 aliphatic heterocycles. The van der Waals surface area contributed by atoms with Crippen LogP contribution >= 0.6 is 11.6 Å². The average molecular weight is 449 g/mol. The van der Waals surface area contributed by atoms with Crippen molar-refractivity contribution < 1.29 is 22.8 Å². The first kappa shape index (κ1) is 24.4. The Morgan fingerprint density at radius 2 is 1.77 bits per heavy atom. The minimum absolute atomic E-state index is 0.0521. The molecule has 0 saturated carbocycles. The molecule has 0 aliphatic carbocycles. The number of alkyl halides is 3. The number of halogens is 4. The number of likely N-dealkylation sites (N-methyl/N-ethyl adjacent to an activating group) is 1. The molecular weight excluding hydrogens is 421 g/mol. The van der Waals surface area contributed by atoms with E-state index >= 15 is 0 Å². The summed E-state index contributed by atoms with van der Waals surface area (Å²) in [5.41, 5.74) is -1.29. The van der Waals surface area contributed by atoms with Crippen molar-refractivity contribution in [3.63, 3.8) is 0 Å². The number of nitrogens with zero attached hydrogens (tertiary/aromatic N) is 3. The van der Waals surface area contributed by atoms with Gasteiger partial charge in [-0.3, -0.25) is 19.4 Å². The smallest absolute Gasteiger partial charge is 0.342 e. The summed E-state index contributed by atoms with van der Waals surface area (Å²) in [6.45, 7) is 9.51. The molecule has 6 nitrogen and oxygen atoms in total. The van der Waals surface area contributed by atoms with Crippen LogP contribution in [-0.2, 0) is 15.8 Å². The Kier molecular flexibility index (Phi) is 8.52. The molecule has 30 heavy (non-hydrogen) atoms. The fourth-order valence-corrected chi connectivity index (χ4v) is 3.61. The van der Waals surface area contributed by atoms with Gasteiger partial charge in [0.05, 0.1) is 23.8 Å². The van der Waals surface area contributed by atoms with E-state index in [0.717, 1.165) is 12.1 Å². The summed E-state index contributed by atoms with van der Waals surface area (Å²) in [6.07, 6.45) is -4.63. The van der Waals surface area contributed by atoms with Gasteiger partial charge in [0, 0.05) is 44.3 Å². The van der Waals surface area contributed by atoms with Gasteiger partial charge in [0.1, 0.15) is 0 Å². The summed E-state index contributed by atoms with van der Waals surface area (Å²) in [4.78, 5) is 30.5. The van der Waals surface area contributed by atoms with Gasteiger partial charge < -0.3 is 10.2 Å². The first-order valence-electron chi connectivity index (χ1n) is 9.98. The van der Waals surface area contributed by atoms with Gasteiger partial charge in [-0.15, -0.1) is 0 Å². The molecule has 2 rings (SSSR count). The van der Waals surface area contributed by atoms with E-state index in [4.69, 9.17) is 11.6 Å². The highest BCUT2D eigenvalue weighted by molar-refractivity contribution is 6.30. The van der Waals surface area contributed by atoms with Crippen molar-refractivity contribution in [2.24, 2.45) is 0 Å². The minimum atomic E-state index is -4.63. The second kappa shape index (κ2) is 10.5. The third-order valence-electron chi connectivity index (χ3n) is 5.35. The Bertz CT molecular complexity index is 748. The van der Waals surface area contributed by atoms with Crippen LogP contribution in [0.1, 0.15) is 26.3 Å². The van der Waals surface area contributed by atoms with Crippen LogP contribution < -0.4 is 5.32 Å². The Hall–Kier alpha value is -1.84. The van der Waals surface area contributed by atoms with Crippen LogP contribution in [0.5, 0.6) is 0 Å². The van der Waals surface area contributed by atoms with Crippen molar-refractivity contribution in [2.45, 2.75) is 33.0 Å². The van der Waals surface area contributed by atoms with Gasteiger partial charge in [-0.25, -0.2) is 0 Å². The molecule has 1 N–H and O–H groups in total. The summed E-state index contributed by atoms with van der Waals surface area (Å²) in [6, 6.07) is 2.66. The van der Waals surface area contributed by atoms with E-state index in [1.807, 2.05) is 23.6 Å². The summed E-state index contributed by atoms with van der Waals surface area (Å²) in [5.74, 6) is -0.447. The van der Waals surface area contributed by atoms with Gasteiger partial charge in [0.25, 0.3) is 0 Å². The SMILES string of the molecule is CCN(CC)C(=O)CN1CCN(C(C)C(=O)Nc2ccc(Cl)cc2C(F)(F)F)CC1. The molecule has 1 fully saturated rings. The van der Waals surface area contributed by atoms with E-state index in [1.54, 1.807) is 11.8 Å². The van der Waals surface area contributed by atoms with Crippen molar-refractivity contribution in [3.8, 4) is 0 Å². The Balaban J connectivity index is 1.94. The summed E-state index contributed by atoms with van der Waals surface area (Å²) < 4.78 is 39.7. The summed E-state index contributed by atoms with van der Waals surface area (Å²) in [7, 11) is 0. The van der Waals surface area contributed by atoms with Gasteiger partial charge in [-0.05, 0) is 39.0 Å². The summed E-state index contributed by atoms with van der Waals surface area (Å²) in [5, 5.41) is 2.33. The normalized spacial score (nSPS) is 16.9. The van der Waals surface area contributed by atoms with Crippen molar-refractivity contribution >= 4 is 29.1 Å². The molecule has 2 amide bonds. The number of nitrogens with one attached hydrogen (secondary N) is 1. The third-order valence-corrected chi connectivity index (χ3v) is 5.59. The molecule has 0 bridgehead atoms. The highest BCUT2D eigenvalue weighted by atomic mass is 35.5. The first-order chi connectivity index (χ1) is 14.1. The fraction of sp³-hybridized carbons (Fsp3) is 0.600. The van der Waals surface area contributed by atoms with E-state index in [0.29, 0.717) is 45.8 Å². The monoisotopic (exact) mass is 448 g/mol. The number of benzene rings is 1. The maximum absolute atomic E-state index is 13.2. The summed E-state index contributed by atoms with van der Waals surface area (Å²) >= 11 is 5.68. The predicted molar refractivity (Wildman–Crippen MR) is 110 cm³/mol. The van der Waals surface area contributed by atoms with E-state index in [9.17, 15) is 22.8 Å². The maximum Gasteiger partial charge on any atom is 0.418 e. The Labute approximate surface area is 179 Å². The third kappa shape index (κ3) is 6.33.